The van der Waals surface area contributed by atoms with E-state index >= 15 is 0 Å². The van der Waals surface area contributed by atoms with Gasteiger partial charge in [-0.1, -0.05) is 25.5 Å². The number of hydrogen-bond donors (Lipinski definition) is 0. The van der Waals surface area contributed by atoms with Crippen molar-refractivity contribution in [3.05, 3.63) is 11.6 Å². The van der Waals surface area contributed by atoms with Crippen molar-refractivity contribution in [2.45, 2.75) is 110 Å². The number of carbonyl (C=O) groups is 2. The van der Waals surface area contributed by atoms with Crippen LogP contribution in [-0.4, -0.2) is 48.7 Å². The number of allylic oxidation sites excluding steroid dienone is 2. The molecule has 5 nitrogen and oxygen atoms in total. The molecule has 0 aromatic rings. The molecule has 1 aliphatic heterocycles. The van der Waals surface area contributed by atoms with Gasteiger partial charge in [-0.25, -0.2) is 4.79 Å². The molecular formula is C30H49NO4. The Morgan fingerprint density at radius 1 is 1.11 bits per heavy atom. The van der Waals surface area contributed by atoms with Crippen LogP contribution in [0.2, 0.25) is 0 Å². The van der Waals surface area contributed by atoms with Crippen molar-refractivity contribution in [1.82, 2.24) is 4.90 Å². The van der Waals surface area contributed by atoms with Crippen molar-refractivity contribution in [2.24, 2.45) is 35.0 Å². The topological polar surface area (TPSA) is 55.8 Å². The first-order valence-electron chi connectivity index (χ1n) is 14.4. The van der Waals surface area contributed by atoms with E-state index in [1.165, 1.54) is 51.1 Å². The van der Waals surface area contributed by atoms with Crippen LogP contribution in [0, 0.1) is 35.0 Å². The first kappa shape index (κ1) is 26.7. The Labute approximate surface area is 213 Å². The largest absolute Gasteiger partial charge is 0.463 e. The molecule has 1 heterocycles. The summed E-state index contributed by atoms with van der Waals surface area (Å²) in [5.74, 6) is 3.11. The van der Waals surface area contributed by atoms with Gasteiger partial charge in [0.05, 0.1) is 6.61 Å². The molecule has 1 spiro atoms. The molecule has 1 saturated heterocycles. The molecule has 0 radical (unpaired) electrons. The van der Waals surface area contributed by atoms with E-state index in [4.69, 9.17) is 9.47 Å². The Hall–Kier alpha value is -1.36. The predicted molar refractivity (Wildman–Crippen MR) is 139 cm³/mol. The van der Waals surface area contributed by atoms with Crippen LogP contribution >= 0.6 is 0 Å². The molecule has 7 atom stereocenters. The standard InChI is InChI=1S/C30H49NO4/c1-7-20(2)10-11-25-24(14-15-29-19-31(6)22(4)26(29)12-13-27(25)29)21(3)9-8-18-34-28(33)30(16-17-30)35-23(5)32/h10,21-22,24-27H,7-9,11-19H2,1-6H3/b20-10+/t21-,22-,24+,25+,26+,27-,29-/m0/s1. The van der Waals surface area contributed by atoms with Crippen LogP contribution in [0.25, 0.3) is 0 Å². The Morgan fingerprint density at radius 3 is 2.49 bits per heavy atom. The molecule has 3 saturated carbocycles. The van der Waals surface area contributed by atoms with E-state index in [9.17, 15) is 9.59 Å². The third kappa shape index (κ3) is 5.22. The fourth-order valence-electron chi connectivity index (χ4n) is 8.30. The van der Waals surface area contributed by atoms with Gasteiger partial charge in [0.1, 0.15) is 0 Å². The van der Waals surface area contributed by atoms with E-state index < -0.39 is 11.6 Å². The van der Waals surface area contributed by atoms with Crippen molar-refractivity contribution >= 4 is 11.9 Å². The highest BCUT2D eigenvalue weighted by Crippen LogP contribution is 2.65. The average molecular weight is 488 g/mol. The summed E-state index contributed by atoms with van der Waals surface area (Å²) >= 11 is 0. The maximum atomic E-state index is 12.4. The normalized spacial score (nSPS) is 36.9. The van der Waals surface area contributed by atoms with E-state index in [-0.39, 0.29) is 5.97 Å². The lowest BCUT2D eigenvalue weighted by molar-refractivity contribution is -0.170. The zero-order chi connectivity index (χ0) is 25.4. The van der Waals surface area contributed by atoms with E-state index in [2.05, 4.69) is 45.7 Å². The van der Waals surface area contributed by atoms with Crippen LogP contribution in [0.3, 0.4) is 0 Å². The highest BCUT2D eigenvalue weighted by atomic mass is 16.6. The number of carbonyl (C=O) groups excluding carboxylic acids is 2. The Bertz CT molecular complexity index is 817. The minimum absolute atomic E-state index is 0.352. The number of esters is 2. The predicted octanol–water partition coefficient (Wildman–Crippen LogP) is 6.16. The van der Waals surface area contributed by atoms with E-state index in [0.29, 0.717) is 30.8 Å². The van der Waals surface area contributed by atoms with Gasteiger partial charge in [-0.15, -0.1) is 0 Å². The summed E-state index contributed by atoms with van der Waals surface area (Å²) in [6.45, 7) is 12.5. The van der Waals surface area contributed by atoms with Gasteiger partial charge in [0, 0.05) is 32.4 Å². The molecule has 0 aromatic heterocycles. The molecule has 0 aromatic carbocycles. The second kappa shape index (κ2) is 10.6. The van der Waals surface area contributed by atoms with Crippen molar-refractivity contribution in [2.75, 3.05) is 20.2 Å². The van der Waals surface area contributed by atoms with Crippen LogP contribution in [0.4, 0.5) is 0 Å². The van der Waals surface area contributed by atoms with Crippen molar-refractivity contribution < 1.29 is 19.1 Å². The average Bonchev–Trinajstić information content (AvgIpc) is 3.43. The summed E-state index contributed by atoms with van der Waals surface area (Å²) in [6.07, 6.45) is 13.6. The molecule has 5 heteroatoms. The maximum Gasteiger partial charge on any atom is 0.350 e. The third-order valence-electron chi connectivity index (χ3n) is 10.6. The van der Waals surface area contributed by atoms with Gasteiger partial charge >= 0.3 is 11.9 Å². The zero-order valence-electron chi connectivity index (χ0n) is 23.1. The lowest BCUT2D eigenvalue weighted by Gasteiger charge is -2.50. The molecule has 0 amide bonds. The first-order chi connectivity index (χ1) is 16.6. The summed E-state index contributed by atoms with van der Waals surface area (Å²) in [7, 11) is 2.34. The Kier molecular flexibility index (Phi) is 8.05. The van der Waals surface area contributed by atoms with Gasteiger partial charge < -0.3 is 14.4 Å². The monoisotopic (exact) mass is 487 g/mol. The highest BCUT2D eigenvalue weighted by Gasteiger charge is 2.61. The number of ether oxygens (including phenoxy) is 2. The SMILES string of the molecule is CC/C(C)=C/C[C@@H]1[C@@H]([C@@H](C)CCCOC(=O)C2(OC(C)=O)CC2)CC[C@]23CN(C)[C@@H](C)[C@H]2CC[C@@H]13. The molecule has 0 N–H and O–H groups in total. The summed E-state index contributed by atoms with van der Waals surface area (Å²) in [5.41, 5.74) is 1.08. The molecule has 3 aliphatic carbocycles. The van der Waals surface area contributed by atoms with Crippen LogP contribution in [0.5, 0.6) is 0 Å². The number of likely N-dealkylation sites (tertiary alicyclic amines) is 1. The summed E-state index contributed by atoms with van der Waals surface area (Å²) in [4.78, 5) is 26.3. The summed E-state index contributed by atoms with van der Waals surface area (Å²) in [6, 6.07) is 0.721. The van der Waals surface area contributed by atoms with Crippen LogP contribution in [0.1, 0.15) is 98.8 Å². The summed E-state index contributed by atoms with van der Waals surface area (Å²) in [5, 5.41) is 0. The van der Waals surface area contributed by atoms with Gasteiger partial charge in [-0.05, 0) is 107 Å². The van der Waals surface area contributed by atoms with Crippen LogP contribution in [-0.2, 0) is 19.1 Å². The minimum atomic E-state index is -0.978. The summed E-state index contributed by atoms with van der Waals surface area (Å²) < 4.78 is 10.8. The van der Waals surface area contributed by atoms with Gasteiger partial charge in [0.15, 0.2) is 0 Å². The van der Waals surface area contributed by atoms with Gasteiger partial charge in [0.2, 0.25) is 5.60 Å². The van der Waals surface area contributed by atoms with Gasteiger partial charge in [-0.3, -0.25) is 4.79 Å². The van der Waals surface area contributed by atoms with E-state index in [0.717, 1.165) is 49.0 Å². The van der Waals surface area contributed by atoms with Crippen molar-refractivity contribution in [3.8, 4) is 0 Å². The quantitative estimate of drug-likeness (QED) is 0.210. The van der Waals surface area contributed by atoms with Crippen molar-refractivity contribution in [3.63, 3.8) is 0 Å². The molecule has 198 valence electrons. The van der Waals surface area contributed by atoms with Crippen LogP contribution in [0.15, 0.2) is 11.6 Å². The van der Waals surface area contributed by atoms with Crippen LogP contribution < -0.4 is 0 Å². The Balaban J connectivity index is 1.37. The van der Waals surface area contributed by atoms with E-state index in [1.807, 2.05) is 0 Å². The molecule has 4 fully saturated rings. The second-order valence-electron chi connectivity index (χ2n) is 12.5. The molecule has 4 rings (SSSR count). The second-order valence-corrected chi connectivity index (χ2v) is 12.5. The first-order valence-corrected chi connectivity index (χ1v) is 14.4. The number of hydrogen-bond acceptors (Lipinski definition) is 5. The molecule has 4 aliphatic rings. The fraction of sp³-hybridized carbons (Fsp3) is 0.867. The minimum Gasteiger partial charge on any atom is -0.463 e. The molecule has 0 unspecified atom stereocenters. The smallest absolute Gasteiger partial charge is 0.350 e. The lowest BCUT2D eigenvalue weighted by Crippen LogP contribution is -2.45. The highest BCUT2D eigenvalue weighted by molar-refractivity contribution is 5.85. The van der Waals surface area contributed by atoms with Gasteiger partial charge in [0.25, 0.3) is 0 Å². The molecule has 35 heavy (non-hydrogen) atoms. The third-order valence-corrected chi connectivity index (χ3v) is 10.6. The molecule has 0 bridgehead atoms. The number of rotatable bonds is 10. The fourth-order valence-corrected chi connectivity index (χ4v) is 8.30. The maximum absolute atomic E-state index is 12.4. The van der Waals surface area contributed by atoms with E-state index in [1.54, 1.807) is 0 Å². The Morgan fingerprint density at radius 2 is 1.83 bits per heavy atom. The number of nitrogens with zero attached hydrogens (tertiary/aromatic N) is 1. The van der Waals surface area contributed by atoms with Crippen molar-refractivity contribution in [1.29, 1.82) is 0 Å². The molecular weight excluding hydrogens is 438 g/mol. The zero-order valence-corrected chi connectivity index (χ0v) is 23.1. The van der Waals surface area contributed by atoms with Gasteiger partial charge in [-0.2, -0.15) is 0 Å². The lowest BCUT2D eigenvalue weighted by atomic mass is 9.54.